The highest BCUT2D eigenvalue weighted by atomic mass is 127. The monoisotopic (exact) mass is 241 g/mol. The highest BCUT2D eigenvalue weighted by molar-refractivity contribution is 14.1. The van der Waals surface area contributed by atoms with Gasteiger partial charge in [0.05, 0.1) is 10.0 Å². The second kappa shape index (κ2) is 3.16. The number of aliphatic hydroxyl groups is 1. The van der Waals surface area contributed by atoms with E-state index in [2.05, 4.69) is 22.6 Å². The van der Waals surface area contributed by atoms with Crippen molar-refractivity contribution in [1.82, 2.24) is 0 Å². The first-order valence-electron chi connectivity index (χ1n) is 3.29. The maximum Gasteiger partial charge on any atom is 0.0672 e. The summed E-state index contributed by atoms with van der Waals surface area (Å²) in [5.74, 6) is 0. The maximum absolute atomic E-state index is 9.26. The Bertz CT molecular complexity index is 89.1. The SMILES string of the molecule is NC1CCCC(O)C1I. The minimum absolute atomic E-state index is 0.158. The summed E-state index contributed by atoms with van der Waals surface area (Å²) in [6.45, 7) is 0. The molecule has 3 atom stereocenters. The summed E-state index contributed by atoms with van der Waals surface area (Å²) >= 11 is 2.23. The van der Waals surface area contributed by atoms with Gasteiger partial charge in [-0.05, 0) is 19.3 Å². The van der Waals surface area contributed by atoms with Crippen molar-refractivity contribution in [3.05, 3.63) is 0 Å². The number of hydrogen-bond acceptors (Lipinski definition) is 2. The number of alkyl halides is 1. The quantitative estimate of drug-likeness (QED) is 0.483. The van der Waals surface area contributed by atoms with E-state index in [0.717, 1.165) is 19.3 Å². The van der Waals surface area contributed by atoms with Crippen molar-refractivity contribution in [3.8, 4) is 0 Å². The van der Waals surface area contributed by atoms with Crippen LogP contribution in [0.2, 0.25) is 0 Å². The van der Waals surface area contributed by atoms with E-state index >= 15 is 0 Å². The van der Waals surface area contributed by atoms with Crippen LogP contribution in [-0.4, -0.2) is 21.2 Å². The standard InChI is InChI=1S/C6H12INO/c7-6-4(8)2-1-3-5(6)9/h4-6,9H,1-3,8H2. The number of hydrogen-bond donors (Lipinski definition) is 2. The fraction of sp³-hybridized carbons (Fsp3) is 1.00. The molecular formula is C6H12INO. The molecule has 1 fully saturated rings. The molecule has 0 heterocycles. The molecule has 1 aliphatic rings. The molecule has 9 heavy (non-hydrogen) atoms. The van der Waals surface area contributed by atoms with Crippen LogP contribution in [0.25, 0.3) is 0 Å². The van der Waals surface area contributed by atoms with E-state index in [1.165, 1.54) is 0 Å². The van der Waals surface area contributed by atoms with Gasteiger partial charge in [-0.15, -0.1) is 0 Å². The minimum Gasteiger partial charge on any atom is -0.392 e. The smallest absolute Gasteiger partial charge is 0.0672 e. The zero-order chi connectivity index (χ0) is 6.85. The van der Waals surface area contributed by atoms with Crippen molar-refractivity contribution < 1.29 is 5.11 Å². The lowest BCUT2D eigenvalue weighted by Crippen LogP contribution is -2.42. The molecule has 1 saturated carbocycles. The summed E-state index contributed by atoms with van der Waals surface area (Å²) in [5, 5.41) is 9.26. The highest BCUT2D eigenvalue weighted by Crippen LogP contribution is 2.23. The zero-order valence-electron chi connectivity index (χ0n) is 5.26. The topological polar surface area (TPSA) is 46.2 Å². The minimum atomic E-state index is -0.158. The van der Waals surface area contributed by atoms with E-state index in [-0.39, 0.29) is 16.1 Å². The van der Waals surface area contributed by atoms with Gasteiger partial charge in [-0.3, -0.25) is 0 Å². The average molecular weight is 241 g/mol. The molecule has 2 nitrogen and oxygen atoms in total. The van der Waals surface area contributed by atoms with Crippen molar-refractivity contribution in [2.45, 2.75) is 35.3 Å². The number of rotatable bonds is 0. The summed E-state index contributed by atoms with van der Waals surface area (Å²) in [4.78, 5) is 0. The Labute approximate surface area is 69.0 Å². The van der Waals surface area contributed by atoms with E-state index in [4.69, 9.17) is 5.73 Å². The Morgan fingerprint density at radius 3 is 2.56 bits per heavy atom. The van der Waals surface area contributed by atoms with Crippen LogP contribution in [0.4, 0.5) is 0 Å². The van der Waals surface area contributed by atoms with Gasteiger partial charge in [-0.1, -0.05) is 22.6 Å². The van der Waals surface area contributed by atoms with E-state index in [0.29, 0.717) is 0 Å². The first-order valence-corrected chi connectivity index (χ1v) is 4.54. The second-order valence-corrected chi connectivity index (χ2v) is 4.04. The molecule has 54 valence electrons. The van der Waals surface area contributed by atoms with Gasteiger partial charge in [0.2, 0.25) is 0 Å². The van der Waals surface area contributed by atoms with Gasteiger partial charge in [-0.25, -0.2) is 0 Å². The average Bonchev–Trinajstić information content (AvgIpc) is 1.83. The Hall–Kier alpha value is 0.650. The first-order chi connectivity index (χ1) is 4.22. The molecule has 1 rings (SSSR count). The largest absolute Gasteiger partial charge is 0.392 e. The summed E-state index contributed by atoms with van der Waals surface area (Å²) in [6, 6.07) is 0.217. The van der Waals surface area contributed by atoms with Gasteiger partial charge in [0.1, 0.15) is 0 Å². The number of nitrogens with two attached hydrogens (primary N) is 1. The molecule has 0 amide bonds. The van der Waals surface area contributed by atoms with Crippen LogP contribution in [-0.2, 0) is 0 Å². The molecular weight excluding hydrogens is 229 g/mol. The lowest BCUT2D eigenvalue weighted by atomic mass is 9.94. The van der Waals surface area contributed by atoms with Crippen LogP contribution in [0.5, 0.6) is 0 Å². The molecule has 0 aromatic rings. The third-order valence-electron chi connectivity index (χ3n) is 1.81. The maximum atomic E-state index is 9.26. The van der Waals surface area contributed by atoms with Gasteiger partial charge in [0, 0.05) is 6.04 Å². The van der Waals surface area contributed by atoms with E-state index in [9.17, 15) is 5.11 Å². The molecule has 0 aromatic carbocycles. The number of aliphatic hydroxyl groups excluding tert-OH is 1. The second-order valence-electron chi connectivity index (χ2n) is 2.61. The summed E-state index contributed by atoms with van der Waals surface area (Å²) in [7, 11) is 0. The molecule has 0 radical (unpaired) electrons. The third-order valence-corrected chi connectivity index (χ3v) is 3.57. The van der Waals surface area contributed by atoms with Crippen LogP contribution in [0.1, 0.15) is 19.3 Å². The zero-order valence-corrected chi connectivity index (χ0v) is 7.41. The predicted molar refractivity (Wildman–Crippen MR) is 45.6 cm³/mol. The third kappa shape index (κ3) is 1.78. The van der Waals surface area contributed by atoms with E-state index in [1.54, 1.807) is 0 Å². The van der Waals surface area contributed by atoms with Crippen molar-refractivity contribution in [2.24, 2.45) is 5.73 Å². The molecule has 3 N–H and O–H groups in total. The summed E-state index contributed by atoms with van der Waals surface area (Å²) in [5.41, 5.74) is 5.70. The lowest BCUT2D eigenvalue weighted by Gasteiger charge is -2.28. The molecule has 0 spiro atoms. The van der Waals surface area contributed by atoms with Crippen molar-refractivity contribution in [1.29, 1.82) is 0 Å². The summed E-state index contributed by atoms with van der Waals surface area (Å²) in [6.07, 6.45) is 2.93. The predicted octanol–water partition coefficient (Wildman–Crippen LogP) is 0.662. The van der Waals surface area contributed by atoms with Crippen LogP contribution in [0.3, 0.4) is 0 Å². The number of halogens is 1. The van der Waals surface area contributed by atoms with Gasteiger partial charge >= 0.3 is 0 Å². The van der Waals surface area contributed by atoms with Gasteiger partial charge in [-0.2, -0.15) is 0 Å². The first kappa shape index (κ1) is 7.75. The fourth-order valence-corrected chi connectivity index (χ4v) is 1.89. The van der Waals surface area contributed by atoms with E-state index in [1.807, 2.05) is 0 Å². The Kier molecular flexibility index (Phi) is 2.73. The van der Waals surface area contributed by atoms with Crippen molar-refractivity contribution in [2.75, 3.05) is 0 Å². The molecule has 0 bridgehead atoms. The van der Waals surface area contributed by atoms with Crippen LogP contribution >= 0.6 is 22.6 Å². The van der Waals surface area contributed by atoms with Crippen LogP contribution < -0.4 is 5.73 Å². The van der Waals surface area contributed by atoms with Crippen molar-refractivity contribution in [3.63, 3.8) is 0 Å². The molecule has 0 aromatic heterocycles. The fourth-order valence-electron chi connectivity index (χ4n) is 1.17. The Morgan fingerprint density at radius 2 is 2.11 bits per heavy atom. The molecule has 1 aliphatic carbocycles. The Morgan fingerprint density at radius 1 is 1.44 bits per heavy atom. The van der Waals surface area contributed by atoms with Gasteiger partial charge in [0.15, 0.2) is 0 Å². The molecule has 0 aliphatic heterocycles. The normalized spacial score (nSPS) is 45.0. The molecule has 0 saturated heterocycles. The molecule has 3 unspecified atom stereocenters. The lowest BCUT2D eigenvalue weighted by molar-refractivity contribution is 0.133. The van der Waals surface area contributed by atoms with Crippen LogP contribution in [0, 0.1) is 0 Å². The van der Waals surface area contributed by atoms with Gasteiger partial charge in [0.25, 0.3) is 0 Å². The van der Waals surface area contributed by atoms with Crippen molar-refractivity contribution >= 4 is 22.6 Å². The Balaban J connectivity index is 2.41. The highest BCUT2D eigenvalue weighted by Gasteiger charge is 2.26. The van der Waals surface area contributed by atoms with Crippen LogP contribution in [0.15, 0.2) is 0 Å². The van der Waals surface area contributed by atoms with Gasteiger partial charge < -0.3 is 10.8 Å². The van der Waals surface area contributed by atoms with E-state index < -0.39 is 0 Å². The molecule has 3 heteroatoms. The summed E-state index contributed by atoms with van der Waals surface area (Å²) < 4.78 is 0.274.